The first-order chi connectivity index (χ1) is 34.2. The molecule has 1 aliphatic heterocycles. The first kappa shape index (κ1) is 45.1. The maximum atomic E-state index is 13.5. The number of likely N-dealkylation sites (tertiary alicyclic amines) is 1. The lowest BCUT2D eigenvalue weighted by Crippen LogP contribution is -2.36. The lowest BCUT2D eigenvalue weighted by Gasteiger charge is -2.24. The maximum Gasteiger partial charge on any atom is 0.410 e. The van der Waals surface area contributed by atoms with E-state index in [1.807, 2.05) is 106 Å². The second-order valence-corrected chi connectivity index (χ2v) is 19.5. The van der Waals surface area contributed by atoms with E-state index < -0.39 is 5.60 Å². The predicted octanol–water partition coefficient (Wildman–Crippen LogP) is 7.79. The summed E-state index contributed by atoms with van der Waals surface area (Å²) in [7, 11) is 7.25. The molecule has 1 saturated carbocycles. The van der Waals surface area contributed by atoms with E-state index in [2.05, 4.69) is 58.3 Å². The molecule has 1 atom stereocenters. The highest BCUT2D eigenvalue weighted by molar-refractivity contribution is 6.05. The molecule has 0 bridgehead atoms. The van der Waals surface area contributed by atoms with E-state index in [0.717, 1.165) is 84.7 Å². The Morgan fingerprint density at radius 1 is 0.577 bits per heavy atom. The largest absolute Gasteiger partial charge is 0.444 e. The van der Waals surface area contributed by atoms with Gasteiger partial charge in [0.15, 0.2) is 11.6 Å². The molecule has 0 spiro atoms. The number of carbonyl (C=O) groups excluding carboxylic acids is 1. The summed E-state index contributed by atoms with van der Waals surface area (Å²) >= 11 is 0. The Balaban J connectivity index is 0.000000157. The van der Waals surface area contributed by atoms with Crippen molar-refractivity contribution >= 4 is 50.0 Å². The molecule has 1 saturated heterocycles. The Hall–Kier alpha value is -8.35. The molecule has 0 N–H and O–H groups in total. The number of hydrogen-bond acceptors (Lipinski definition) is 12. The Morgan fingerprint density at radius 3 is 1.49 bits per heavy atom. The third-order valence-corrected chi connectivity index (χ3v) is 13.6. The van der Waals surface area contributed by atoms with Gasteiger partial charge in [-0.1, -0.05) is 37.1 Å². The monoisotopic (exact) mass is 951 g/mol. The molecule has 19 heteroatoms. The lowest BCUT2D eigenvalue weighted by atomic mass is 10.0. The van der Waals surface area contributed by atoms with Crippen LogP contribution in [0.25, 0.3) is 89.2 Å². The van der Waals surface area contributed by atoms with Crippen molar-refractivity contribution in [2.45, 2.75) is 70.6 Å². The number of imidazole rings is 2. The summed E-state index contributed by atoms with van der Waals surface area (Å²) in [4.78, 5) is 67.9. The number of fused-ring (bicyclic) bond motifs is 6. The molecule has 71 heavy (non-hydrogen) atoms. The van der Waals surface area contributed by atoms with Crippen molar-refractivity contribution in [3.8, 4) is 45.3 Å². The van der Waals surface area contributed by atoms with Crippen LogP contribution in [0.4, 0.5) is 4.79 Å². The van der Waals surface area contributed by atoms with Gasteiger partial charge in [-0.05, 0) is 87.6 Å². The van der Waals surface area contributed by atoms with Crippen LogP contribution in [-0.4, -0.2) is 97.4 Å². The van der Waals surface area contributed by atoms with Crippen LogP contribution in [0, 0.1) is 0 Å². The van der Waals surface area contributed by atoms with E-state index in [9.17, 15) is 14.4 Å². The van der Waals surface area contributed by atoms with Crippen molar-refractivity contribution in [3.05, 3.63) is 119 Å². The third-order valence-electron chi connectivity index (χ3n) is 13.6. The third kappa shape index (κ3) is 8.29. The van der Waals surface area contributed by atoms with Gasteiger partial charge in [0.1, 0.15) is 29.6 Å². The minimum Gasteiger partial charge on any atom is -0.444 e. The maximum absolute atomic E-state index is 13.5. The van der Waals surface area contributed by atoms with Crippen LogP contribution in [0.1, 0.15) is 65.0 Å². The fourth-order valence-corrected chi connectivity index (χ4v) is 10.0. The first-order valence-corrected chi connectivity index (χ1v) is 23.8. The fraction of sp³-hybridized carbons (Fsp3) is 0.327. The van der Waals surface area contributed by atoms with E-state index in [-0.39, 0.29) is 29.6 Å². The van der Waals surface area contributed by atoms with Crippen LogP contribution in [0.2, 0.25) is 0 Å². The van der Waals surface area contributed by atoms with Crippen LogP contribution in [0.5, 0.6) is 0 Å². The van der Waals surface area contributed by atoms with Gasteiger partial charge in [0.05, 0.1) is 51.5 Å². The van der Waals surface area contributed by atoms with E-state index in [4.69, 9.17) is 4.74 Å². The molecule has 360 valence electrons. The summed E-state index contributed by atoms with van der Waals surface area (Å²) in [6, 6.07) is 20.2. The molecule has 12 rings (SSSR count). The summed E-state index contributed by atoms with van der Waals surface area (Å²) in [5, 5.41) is 10.5. The summed E-state index contributed by atoms with van der Waals surface area (Å²) < 4.78 is 16.1. The van der Waals surface area contributed by atoms with Crippen LogP contribution < -0.4 is 11.4 Å². The van der Waals surface area contributed by atoms with E-state index in [0.29, 0.717) is 36.9 Å². The number of pyridine rings is 4. The van der Waals surface area contributed by atoms with Gasteiger partial charge in [-0.15, -0.1) is 10.2 Å². The van der Waals surface area contributed by atoms with Crippen molar-refractivity contribution in [1.82, 2.24) is 72.6 Å². The molecule has 0 unspecified atom stereocenters. The predicted molar refractivity (Wildman–Crippen MR) is 270 cm³/mol. The molecular weight excluding hydrogens is 899 g/mol. The first-order valence-electron chi connectivity index (χ1n) is 23.8. The lowest BCUT2D eigenvalue weighted by molar-refractivity contribution is 0.0289. The Labute approximate surface area is 407 Å². The molecule has 9 heterocycles. The number of hydrogen-bond donors (Lipinski definition) is 0. The number of nitrogens with zero attached hydrogens (tertiary/aromatic N) is 15. The van der Waals surface area contributed by atoms with Crippen molar-refractivity contribution in [2.24, 2.45) is 28.2 Å². The van der Waals surface area contributed by atoms with E-state index >= 15 is 0 Å². The van der Waals surface area contributed by atoms with Crippen LogP contribution in [0.15, 0.2) is 108 Å². The molecular formula is C52H53N15O4. The minimum atomic E-state index is -0.578. The van der Waals surface area contributed by atoms with Crippen molar-refractivity contribution in [2.75, 3.05) is 13.1 Å². The zero-order valence-electron chi connectivity index (χ0n) is 40.7. The number of aryl methyl sites for hydroxylation is 4. The quantitative estimate of drug-likeness (QED) is 0.157. The zero-order valence-corrected chi connectivity index (χ0v) is 40.7. The Kier molecular flexibility index (Phi) is 11.2. The molecule has 1 amide bonds. The average molecular weight is 952 g/mol. The minimum absolute atomic E-state index is 0.0421. The van der Waals surface area contributed by atoms with Gasteiger partial charge in [-0.2, -0.15) is 0 Å². The molecule has 0 radical (unpaired) electrons. The van der Waals surface area contributed by atoms with Gasteiger partial charge in [0.25, 0.3) is 0 Å². The summed E-state index contributed by atoms with van der Waals surface area (Å²) in [5.41, 5.74) is 9.76. The average Bonchev–Trinajstić information content (AvgIpc) is 4.26. The van der Waals surface area contributed by atoms with Gasteiger partial charge in [-0.3, -0.25) is 47.6 Å². The zero-order chi connectivity index (χ0) is 49.3. The second kappa shape index (κ2) is 17.6. The Bertz CT molecular complexity index is 3790. The number of benzene rings is 2. The highest BCUT2D eigenvalue weighted by atomic mass is 16.6. The van der Waals surface area contributed by atoms with Gasteiger partial charge in [-0.25, -0.2) is 24.4 Å². The van der Waals surface area contributed by atoms with Gasteiger partial charge >= 0.3 is 17.5 Å². The molecule has 10 aromatic rings. The van der Waals surface area contributed by atoms with Crippen LogP contribution in [-0.2, 0) is 32.9 Å². The van der Waals surface area contributed by atoms with E-state index in [1.165, 1.54) is 12.8 Å². The summed E-state index contributed by atoms with van der Waals surface area (Å²) in [6.45, 7) is 6.48. The van der Waals surface area contributed by atoms with Gasteiger partial charge < -0.3 is 9.64 Å². The summed E-state index contributed by atoms with van der Waals surface area (Å²) in [6.07, 6.45) is 15.3. The number of aromatic nitrogens is 14. The highest BCUT2D eigenvalue weighted by Gasteiger charge is 2.33. The SMILES string of the molecule is Cn1cnc(-c2ccc(-c3ccc4ncc5c(c4c3)n(C3CCCC3)c(=O)n5C)cn2)n1.Cn1cnc(-c2ccc(-c3ccc4ncc5c(c4c3)n([C@H]3CCN(C(=O)OC(C)(C)C)C3)c(=O)n5C)cn2)n1. The number of ether oxygens (including phenoxy) is 1. The highest BCUT2D eigenvalue weighted by Crippen LogP contribution is 2.36. The smallest absolute Gasteiger partial charge is 0.410 e. The van der Waals surface area contributed by atoms with Crippen LogP contribution in [0.3, 0.4) is 0 Å². The summed E-state index contributed by atoms with van der Waals surface area (Å²) in [5.74, 6) is 1.17. The molecule has 8 aromatic heterocycles. The van der Waals surface area contributed by atoms with Gasteiger partial charge in [0, 0.05) is 81.6 Å². The van der Waals surface area contributed by atoms with E-state index in [1.54, 1.807) is 55.5 Å². The van der Waals surface area contributed by atoms with Crippen molar-refractivity contribution < 1.29 is 9.53 Å². The number of carbonyl (C=O) groups is 1. The number of rotatable bonds is 6. The fourth-order valence-electron chi connectivity index (χ4n) is 10.0. The molecule has 2 aliphatic rings. The Morgan fingerprint density at radius 2 is 1.06 bits per heavy atom. The standard InChI is InChI=1S/C28H30N8O3.C24H23N7O/c1-28(2,3)39-27(38)35-11-10-19(15-35)36-24-20-12-17(6-8-21(20)30-14-23(24)34(5)26(36)37)18-7-9-22(29-13-18)25-31-16-33(4)32-25;1-29-14-27-23(28-29)20-10-8-16(12-25-20)15-7-9-19-18(11-15)22-21(13-26-19)30(2)24(32)31(22)17-5-3-4-6-17/h6-9,12-14,16,19H,10-11,15H2,1-5H3;7-14,17H,3-6H2,1-2H3/t19-;/m0./s1. The molecule has 2 fully saturated rings. The number of amides is 1. The molecule has 1 aliphatic carbocycles. The second-order valence-electron chi connectivity index (χ2n) is 19.5. The van der Waals surface area contributed by atoms with Crippen molar-refractivity contribution in [1.29, 1.82) is 0 Å². The van der Waals surface area contributed by atoms with Crippen LogP contribution >= 0.6 is 0 Å². The topological polar surface area (TPSA) is 196 Å². The van der Waals surface area contributed by atoms with Gasteiger partial charge in [0.2, 0.25) is 0 Å². The molecule has 2 aromatic carbocycles. The normalized spacial score (nSPS) is 15.4. The van der Waals surface area contributed by atoms with Crippen molar-refractivity contribution in [3.63, 3.8) is 0 Å². The molecule has 19 nitrogen and oxygen atoms in total.